The summed E-state index contributed by atoms with van der Waals surface area (Å²) in [5.74, 6) is -0.372. The molecule has 4 fully saturated rings. The molecule has 0 radical (unpaired) electrons. The number of nitrogens with zero attached hydrogens (tertiary/aromatic N) is 3. The monoisotopic (exact) mass is 653 g/mol. The first-order chi connectivity index (χ1) is 22.1. The molecule has 9 heteroatoms. The highest BCUT2D eigenvalue weighted by Crippen LogP contribution is 2.47. The molecule has 1 aliphatic carbocycles. The summed E-state index contributed by atoms with van der Waals surface area (Å²) in [5.41, 5.74) is 0.950. The normalized spacial score (nSPS) is 30.9. The summed E-state index contributed by atoms with van der Waals surface area (Å²) in [4.78, 5) is 32.5. The number of ether oxygens (including phenoxy) is 1. The molecule has 4 atom stereocenters. The van der Waals surface area contributed by atoms with Gasteiger partial charge in [0.15, 0.2) is 0 Å². The summed E-state index contributed by atoms with van der Waals surface area (Å²) in [6.45, 7) is 7.37. The molecule has 7 nitrogen and oxygen atoms in total. The van der Waals surface area contributed by atoms with Crippen molar-refractivity contribution in [2.75, 3.05) is 51.3 Å². The summed E-state index contributed by atoms with van der Waals surface area (Å²) < 4.78 is 23.1. The van der Waals surface area contributed by atoms with Gasteiger partial charge in [0, 0.05) is 67.9 Å². The SMILES string of the molecule is CC[C@H]1CN(C(=O)[C@]2(F)CN([C@H]3CC[C@H](C)CC3)C[C@H]2c2ccc(OC)cc2)C[C@@H]1c1ccc(Cl)cc1N1CCC(C(=O)O)CC1. The third-order valence-corrected chi connectivity index (χ3v) is 11.8. The fourth-order valence-electron chi connectivity index (χ4n) is 8.70. The summed E-state index contributed by atoms with van der Waals surface area (Å²) >= 11 is 6.51. The molecule has 2 aromatic carbocycles. The topological polar surface area (TPSA) is 73.3 Å². The highest BCUT2D eigenvalue weighted by atomic mass is 35.5. The number of carbonyl (C=O) groups excluding carboxylic acids is 1. The van der Waals surface area contributed by atoms with E-state index < -0.39 is 23.5 Å². The number of carboxylic acid groups (broad SMARTS) is 1. The molecule has 0 spiro atoms. The second kappa shape index (κ2) is 13.7. The smallest absolute Gasteiger partial charge is 0.306 e. The van der Waals surface area contributed by atoms with Crippen molar-refractivity contribution in [1.82, 2.24) is 9.80 Å². The van der Waals surface area contributed by atoms with Gasteiger partial charge in [-0.15, -0.1) is 0 Å². The second-order valence-electron chi connectivity index (χ2n) is 14.3. The van der Waals surface area contributed by atoms with E-state index in [4.69, 9.17) is 16.3 Å². The third-order valence-electron chi connectivity index (χ3n) is 11.6. The van der Waals surface area contributed by atoms with Gasteiger partial charge in [0.25, 0.3) is 5.91 Å². The van der Waals surface area contributed by atoms with Crippen molar-refractivity contribution in [3.8, 4) is 5.75 Å². The first-order valence-corrected chi connectivity index (χ1v) is 17.6. The molecule has 46 heavy (non-hydrogen) atoms. The molecule has 2 aromatic rings. The number of carboxylic acids is 1. The minimum absolute atomic E-state index is 0.0405. The largest absolute Gasteiger partial charge is 0.497 e. The molecule has 3 saturated heterocycles. The molecule has 250 valence electrons. The zero-order chi connectivity index (χ0) is 32.6. The van der Waals surface area contributed by atoms with Crippen LogP contribution in [-0.2, 0) is 9.59 Å². The van der Waals surface area contributed by atoms with E-state index in [0.717, 1.165) is 54.7 Å². The lowest BCUT2D eigenvalue weighted by atomic mass is 9.85. The van der Waals surface area contributed by atoms with Crippen molar-refractivity contribution in [3.05, 3.63) is 58.6 Å². The molecule has 1 amide bonds. The van der Waals surface area contributed by atoms with Crippen molar-refractivity contribution < 1.29 is 23.8 Å². The van der Waals surface area contributed by atoms with Gasteiger partial charge in [-0.25, -0.2) is 4.39 Å². The Balaban J connectivity index is 1.26. The Morgan fingerprint density at radius 1 is 1.00 bits per heavy atom. The molecule has 4 aliphatic rings. The highest BCUT2D eigenvalue weighted by molar-refractivity contribution is 6.30. The molecule has 1 N–H and O–H groups in total. The van der Waals surface area contributed by atoms with Crippen molar-refractivity contribution in [2.24, 2.45) is 17.8 Å². The first kappa shape index (κ1) is 33.1. The van der Waals surface area contributed by atoms with Gasteiger partial charge in [-0.2, -0.15) is 0 Å². The van der Waals surface area contributed by atoms with Gasteiger partial charge in [0.1, 0.15) is 5.75 Å². The zero-order valence-corrected chi connectivity index (χ0v) is 28.2. The Kier molecular flexibility index (Phi) is 9.86. The average Bonchev–Trinajstić information content (AvgIpc) is 3.67. The fraction of sp³-hybridized carbons (Fsp3) is 0.622. The van der Waals surface area contributed by atoms with Crippen LogP contribution in [0, 0.1) is 17.8 Å². The third kappa shape index (κ3) is 6.49. The second-order valence-corrected chi connectivity index (χ2v) is 14.8. The van der Waals surface area contributed by atoms with E-state index in [1.807, 2.05) is 36.4 Å². The molecule has 0 aromatic heterocycles. The maximum atomic E-state index is 17.7. The Bertz CT molecular complexity index is 1390. The molecular weight excluding hydrogens is 605 g/mol. The van der Waals surface area contributed by atoms with Crippen molar-refractivity contribution in [2.45, 2.75) is 82.3 Å². The number of hydrogen-bond donors (Lipinski definition) is 1. The number of rotatable bonds is 8. The Labute approximate surface area is 278 Å². The minimum Gasteiger partial charge on any atom is -0.497 e. The lowest BCUT2D eigenvalue weighted by Crippen LogP contribution is -2.50. The van der Waals surface area contributed by atoms with Gasteiger partial charge in [-0.1, -0.05) is 50.1 Å². The summed E-state index contributed by atoms with van der Waals surface area (Å²) in [6, 6.07) is 13.8. The van der Waals surface area contributed by atoms with E-state index in [9.17, 15) is 14.7 Å². The van der Waals surface area contributed by atoms with Crippen LogP contribution in [0.5, 0.6) is 5.75 Å². The molecule has 0 unspecified atom stereocenters. The van der Waals surface area contributed by atoms with Crippen LogP contribution in [0.15, 0.2) is 42.5 Å². The number of amides is 1. The number of alkyl halides is 1. The number of carbonyl (C=O) groups is 2. The first-order valence-electron chi connectivity index (χ1n) is 17.2. The number of halogens is 2. The predicted octanol–water partition coefficient (Wildman–Crippen LogP) is 6.99. The van der Waals surface area contributed by atoms with E-state index in [0.29, 0.717) is 62.5 Å². The Hall–Kier alpha value is -2.84. The van der Waals surface area contributed by atoms with E-state index in [1.165, 1.54) is 0 Å². The van der Waals surface area contributed by atoms with Crippen LogP contribution in [0.4, 0.5) is 10.1 Å². The average molecular weight is 654 g/mol. The van der Waals surface area contributed by atoms with Crippen LogP contribution in [0.2, 0.25) is 5.02 Å². The Morgan fingerprint density at radius 2 is 1.70 bits per heavy atom. The molecule has 0 bridgehead atoms. The van der Waals surface area contributed by atoms with Crippen LogP contribution in [0.1, 0.15) is 81.8 Å². The molecule has 6 rings (SSSR count). The summed E-state index contributed by atoms with van der Waals surface area (Å²) in [6.07, 6.45) is 6.42. The van der Waals surface area contributed by atoms with E-state index in [-0.39, 0.29) is 24.3 Å². The fourth-order valence-corrected chi connectivity index (χ4v) is 8.86. The number of benzene rings is 2. The van der Waals surface area contributed by atoms with Gasteiger partial charge < -0.3 is 19.6 Å². The number of methoxy groups -OCH3 is 1. The quantitative estimate of drug-likeness (QED) is 0.331. The van der Waals surface area contributed by atoms with Gasteiger partial charge >= 0.3 is 5.97 Å². The maximum absolute atomic E-state index is 17.7. The predicted molar refractivity (Wildman–Crippen MR) is 180 cm³/mol. The summed E-state index contributed by atoms with van der Waals surface area (Å²) in [7, 11) is 1.62. The number of piperidine rings is 1. The van der Waals surface area contributed by atoms with Crippen molar-refractivity contribution in [3.63, 3.8) is 0 Å². The number of aliphatic carboxylic acids is 1. The number of hydrogen-bond acceptors (Lipinski definition) is 5. The van der Waals surface area contributed by atoms with Gasteiger partial charge in [0.2, 0.25) is 5.67 Å². The molecule has 3 aliphatic heterocycles. The van der Waals surface area contributed by atoms with Gasteiger partial charge in [-0.05, 0) is 85.8 Å². The van der Waals surface area contributed by atoms with Crippen molar-refractivity contribution >= 4 is 29.2 Å². The van der Waals surface area contributed by atoms with Crippen LogP contribution in [0.3, 0.4) is 0 Å². The van der Waals surface area contributed by atoms with Crippen molar-refractivity contribution in [1.29, 1.82) is 0 Å². The number of likely N-dealkylation sites (tertiary alicyclic amines) is 2. The minimum atomic E-state index is -2.02. The maximum Gasteiger partial charge on any atom is 0.306 e. The van der Waals surface area contributed by atoms with E-state index in [1.54, 1.807) is 12.0 Å². The van der Waals surface area contributed by atoms with Crippen LogP contribution in [0.25, 0.3) is 0 Å². The number of anilines is 1. The van der Waals surface area contributed by atoms with E-state index >= 15 is 4.39 Å². The van der Waals surface area contributed by atoms with Crippen LogP contribution >= 0.6 is 11.6 Å². The lowest BCUT2D eigenvalue weighted by molar-refractivity contribution is -0.143. The van der Waals surface area contributed by atoms with Crippen LogP contribution < -0.4 is 9.64 Å². The standard InChI is InChI=1S/C37H49ClFN3O4/c1-4-25-20-41(21-32(25)31-14-9-28(38)19-34(31)40-17-15-27(16-18-40)35(43)44)36(45)37(39)23-42(29-10-5-24(2)6-11-29)22-33(37)26-7-12-30(46-3)13-8-26/h7-9,12-14,19,24-25,27,29,32-33H,4-6,10-11,15-18,20-23H2,1-3H3,(H,43,44)/t24-,25-,29-,32-,33-,37-/m0/s1. The highest BCUT2D eigenvalue weighted by Gasteiger charge is 2.57. The molecule has 1 saturated carbocycles. The van der Waals surface area contributed by atoms with Gasteiger partial charge in [-0.3, -0.25) is 14.5 Å². The van der Waals surface area contributed by atoms with Crippen LogP contribution in [-0.4, -0.2) is 84.9 Å². The summed E-state index contributed by atoms with van der Waals surface area (Å²) in [5, 5.41) is 10.2. The molecule has 3 heterocycles. The zero-order valence-electron chi connectivity index (χ0n) is 27.5. The molecular formula is C37H49ClFN3O4. The lowest BCUT2D eigenvalue weighted by Gasteiger charge is -2.35. The van der Waals surface area contributed by atoms with Gasteiger partial charge in [0.05, 0.1) is 13.0 Å². The van der Waals surface area contributed by atoms with E-state index in [2.05, 4.69) is 29.7 Å². The Morgan fingerprint density at radius 3 is 2.33 bits per heavy atom.